The SMILES string of the molecule is Nc1nc(N)nc(CSc2nccn2-c2ccc(Br)cc2)n1. The third-order valence-electron chi connectivity index (χ3n) is 2.76. The van der Waals surface area contributed by atoms with Gasteiger partial charge in [0.15, 0.2) is 5.16 Å². The Morgan fingerprint density at radius 2 is 1.73 bits per heavy atom. The number of imidazole rings is 1. The summed E-state index contributed by atoms with van der Waals surface area (Å²) in [5, 5.41) is 0.833. The van der Waals surface area contributed by atoms with Gasteiger partial charge in [0.25, 0.3) is 0 Å². The molecule has 0 unspecified atom stereocenters. The molecule has 0 radical (unpaired) electrons. The van der Waals surface area contributed by atoms with Crippen molar-refractivity contribution in [2.24, 2.45) is 0 Å². The summed E-state index contributed by atoms with van der Waals surface area (Å²) in [6.07, 6.45) is 3.65. The number of aromatic nitrogens is 5. The van der Waals surface area contributed by atoms with Crippen LogP contribution >= 0.6 is 27.7 Å². The monoisotopic (exact) mass is 377 g/mol. The minimum Gasteiger partial charge on any atom is -0.368 e. The van der Waals surface area contributed by atoms with E-state index in [1.807, 2.05) is 35.0 Å². The Balaban J connectivity index is 1.79. The lowest BCUT2D eigenvalue weighted by Crippen LogP contribution is -2.06. The lowest BCUT2D eigenvalue weighted by Gasteiger charge is -2.07. The number of hydrogen-bond acceptors (Lipinski definition) is 7. The molecule has 0 aliphatic heterocycles. The van der Waals surface area contributed by atoms with Crippen LogP contribution in [-0.2, 0) is 5.75 Å². The summed E-state index contributed by atoms with van der Waals surface area (Å²) in [5.41, 5.74) is 12.2. The first-order valence-corrected chi connectivity index (χ1v) is 8.07. The van der Waals surface area contributed by atoms with E-state index in [0.717, 1.165) is 15.3 Å². The fraction of sp³-hybridized carbons (Fsp3) is 0.0769. The van der Waals surface area contributed by atoms with E-state index in [2.05, 4.69) is 35.9 Å². The zero-order valence-corrected chi connectivity index (χ0v) is 13.8. The van der Waals surface area contributed by atoms with Crippen molar-refractivity contribution in [1.29, 1.82) is 0 Å². The van der Waals surface area contributed by atoms with Crippen molar-refractivity contribution in [2.75, 3.05) is 11.5 Å². The maximum atomic E-state index is 5.57. The van der Waals surface area contributed by atoms with Crippen molar-refractivity contribution in [1.82, 2.24) is 24.5 Å². The largest absolute Gasteiger partial charge is 0.368 e. The molecule has 4 N–H and O–H groups in total. The summed E-state index contributed by atoms with van der Waals surface area (Å²) in [7, 11) is 0. The summed E-state index contributed by atoms with van der Waals surface area (Å²) in [6, 6.07) is 7.98. The Bertz CT molecular complexity index is 767. The van der Waals surface area contributed by atoms with Crippen molar-refractivity contribution >= 4 is 39.6 Å². The normalized spacial score (nSPS) is 10.8. The number of nitrogens with zero attached hydrogens (tertiary/aromatic N) is 5. The van der Waals surface area contributed by atoms with Crippen LogP contribution in [0, 0.1) is 0 Å². The van der Waals surface area contributed by atoms with E-state index in [1.165, 1.54) is 11.8 Å². The number of benzene rings is 1. The third kappa shape index (κ3) is 3.37. The topological polar surface area (TPSA) is 109 Å². The first-order valence-electron chi connectivity index (χ1n) is 6.30. The summed E-state index contributed by atoms with van der Waals surface area (Å²) >= 11 is 4.93. The van der Waals surface area contributed by atoms with Crippen LogP contribution in [0.4, 0.5) is 11.9 Å². The highest BCUT2D eigenvalue weighted by Gasteiger charge is 2.08. The van der Waals surface area contributed by atoms with E-state index >= 15 is 0 Å². The van der Waals surface area contributed by atoms with Gasteiger partial charge in [-0.2, -0.15) is 15.0 Å². The van der Waals surface area contributed by atoms with Crippen molar-refractivity contribution < 1.29 is 0 Å². The molecule has 112 valence electrons. The van der Waals surface area contributed by atoms with Gasteiger partial charge >= 0.3 is 0 Å². The quantitative estimate of drug-likeness (QED) is 0.671. The number of hydrogen-bond donors (Lipinski definition) is 2. The second-order valence-corrected chi connectivity index (χ2v) is 6.17. The van der Waals surface area contributed by atoms with E-state index in [9.17, 15) is 0 Å². The number of thioether (sulfide) groups is 1. The Kier molecular flexibility index (Phi) is 4.25. The molecular weight excluding hydrogens is 366 g/mol. The molecule has 0 saturated carbocycles. The lowest BCUT2D eigenvalue weighted by molar-refractivity contribution is 0.891. The number of halogens is 1. The minimum atomic E-state index is 0.124. The molecule has 0 fully saturated rings. The van der Waals surface area contributed by atoms with Crippen LogP contribution in [0.15, 0.2) is 46.3 Å². The van der Waals surface area contributed by atoms with Crippen molar-refractivity contribution in [3.8, 4) is 5.69 Å². The van der Waals surface area contributed by atoms with Gasteiger partial charge in [-0.15, -0.1) is 0 Å². The summed E-state index contributed by atoms with van der Waals surface area (Å²) in [4.78, 5) is 16.2. The highest BCUT2D eigenvalue weighted by Crippen LogP contribution is 2.24. The molecule has 2 aromatic heterocycles. The second-order valence-electron chi connectivity index (χ2n) is 4.31. The Hall–Kier alpha value is -2.13. The van der Waals surface area contributed by atoms with Crippen molar-refractivity contribution in [2.45, 2.75) is 10.9 Å². The molecule has 1 aromatic carbocycles. The second kappa shape index (κ2) is 6.32. The van der Waals surface area contributed by atoms with Crippen LogP contribution in [-0.4, -0.2) is 24.5 Å². The highest BCUT2D eigenvalue weighted by atomic mass is 79.9. The Morgan fingerprint density at radius 3 is 2.41 bits per heavy atom. The van der Waals surface area contributed by atoms with Crippen LogP contribution < -0.4 is 11.5 Å². The van der Waals surface area contributed by atoms with Gasteiger partial charge < -0.3 is 11.5 Å². The minimum absolute atomic E-state index is 0.124. The van der Waals surface area contributed by atoms with E-state index in [0.29, 0.717) is 11.6 Å². The van der Waals surface area contributed by atoms with Crippen LogP contribution in [0.2, 0.25) is 0 Å². The molecule has 0 bridgehead atoms. The molecule has 9 heteroatoms. The fourth-order valence-corrected chi connectivity index (χ4v) is 2.94. The summed E-state index contributed by atoms with van der Waals surface area (Å²) in [5.74, 6) is 1.28. The molecule has 7 nitrogen and oxygen atoms in total. The third-order valence-corrected chi connectivity index (χ3v) is 4.25. The molecule has 0 amide bonds. The maximum absolute atomic E-state index is 5.57. The van der Waals surface area contributed by atoms with Crippen LogP contribution in [0.25, 0.3) is 5.69 Å². The predicted octanol–water partition coefficient (Wildman–Crippen LogP) is 2.28. The fourth-order valence-electron chi connectivity index (χ4n) is 1.85. The zero-order valence-electron chi connectivity index (χ0n) is 11.3. The van der Waals surface area contributed by atoms with Crippen LogP contribution in [0.1, 0.15) is 5.82 Å². The van der Waals surface area contributed by atoms with Crippen LogP contribution in [0.3, 0.4) is 0 Å². The molecular formula is C13H12BrN7S. The van der Waals surface area contributed by atoms with Gasteiger partial charge in [0.2, 0.25) is 11.9 Å². The molecule has 22 heavy (non-hydrogen) atoms. The molecule has 3 rings (SSSR count). The van der Waals surface area contributed by atoms with Gasteiger partial charge in [-0.1, -0.05) is 27.7 Å². The summed E-state index contributed by atoms with van der Waals surface area (Å²) < 4.78 is 3.02. The molecule has 0 atom stereocenters. The molecule has 3 aromatic rings. The van der Waals surface area contributed by atoms with E-state index in [-0.39, 0.29) is 11.9 Å². The zero-order chi connectivity index (χ0) is 15.5. The maximum Gasteiger partial charge on any atom is 0.225 e. The Labute approximate surface area is 139 Å². The predicted molar refractivity (Wildman–Crippen MR) is 89.5 cm³/mol. The Morgan fingerprint density at radius 1 is 1.05 bits per heavy atom. The van der Waals surface area contributed by atoms with Crippen molar-refractivity contribution in [3.05, 3.63) is 47.0 Å². The average Bonchev–Trinajstić information content (AvgIpc) is 2.93. The molecule has 0 saturated heterocycles. The highest BCUT2D eigenvalue weighted by molar-refractivity contribution is 9.10. The summed E-state index contributed by atoms with van der Waals surface area (Å²) in [6.45, 7) is 0. The van der Waals surface area contributed by atoms with Gasteiger partial charge in [0.05, 0.1) is 5.75 Å². The smallest absolute Gasteiger partial charge is 0.225 e. The van der Waals surface area contributed by atoms with E-state index < -0.39 is 0 Å². The van der Waals surface area contributed by atoms with E-state index in [1.54, 1.807) is 6.20 Å². The number of rotatable bonds is 4. The van der Waals surface area contributed by atoms with Gasteiger partial charge in [0.1, 0.15) is 5.82 Å². The number of nitrogen functional groups attached to an aromatic ring is 2. The van der Waals surface area contributed by atoms with E-state index in [4.69, 9.17) is 11.5 Å². The molecule has 0 aliphatic carbocycles. The first-order chi connectivity index (χ1) is 10.6. The van der Waals surface area contributed by atoms with Crippen molar-refractivity contribution in [3.63, 3.8) is 0 Å². The number of nitrogens with two attached hydrogens (primary N) is 2. The average molecular weight is 378 g/mol. The first kappa shape index (κ1) is 14.8. The van der Waals surface area contributed by atoms with Crippen LogP contribution in [0.5, 0.6) is 0 Å². The molecule has 2 heterocycles. The molecule has 0 spiro atoms. The van der Waals surface area contributed by atoms with Gasteiger partial charge in [0, 0.05) is 22.6 Å². The standard InChI is InChI=1S/C13H12BrN7S/c14-8-1-3-9(4-2-8)21-6-5-17-13(21)22-7-10-18-11(15)20-12(16)19-10/h1-6H,7H2,(H4,15,16,18,19,20). The lowest BCUT2D eigenvalue weighted by atomic mass is 10.3. The van der Waals surface area contributed by atoms with Gasteiger partial charge in [-0.3, -0.25) is 4.57 Å². The molecule has 0 aliphatic rings. The number of anilines is 2. The van der Waals surface area contributed by atoms with Gasteiger partial charge in [-0.25, -0.2) is 4.98 Å². The van der Waals surface area contributed by atoms with Gasteiger partial charge in [-0.05, 0) is 24.3 Å².